The molecule has 1 aromatic heterocycles. The van der Waals surface area contributed by atoms with E-state index in [1.54, 1.807) is 0 Å². The van der Waals surface area contributed by atoms with Crippen LogP contribution in [0.25, 0.3) is 0 Å². The SMILES string of the molecule is NC(C(=O)CCc1ccccc1)c1cccs1. The number of aryl methyl sites for hydroxylation is 1. The Morgan fingerprint density at radius 1 is 1.18 bits per heavy atom. The fourth-order valence-corrected chi connectivity index (χ4v) is 2.44. The molecular formula is C14H15NOS. The van der Waals surface area contributed by atoms with Gasteiger partial charge < -0.3 is 5.73 Å². The number of thiophene rings is 1. The van der Waals surface area contributed by atoms with E-state index in [1.807, 2.05) is 47.8 Å². The number of ketones is 1. The van der Waals surface area contributed by atoms with Crippen molar-refractivity contribution in [3.05, 3.63) is 58.3 Å². The normalized spacial score (nSPS) is 12.3. The molecule has 0 aliphatic carbocycles. The van der Waals surface area contributed by atoms with Crippen LogP contribution >= 0.6 is 11.3 Å². The summed E-state index contributed by atoms with van der Waals surface area (Å²) in [6.45, 7) is 0. The van der Waals surface area contributed by atoms with Gasteiger partial charge in [-0.25, -0.2) is 0 Å². The van der Waals surface area contributed by atoms with Crippen molar-refractivity contribution in [1.29, 1.82) is 0 Å². The van der Waals surface area contributed by atoms with E-state index in [1.165, 1.54) is 16.9 Å². The molecule has 1 heterocycles. The molecule has 88 valence electrons. The third-order valence-corrected chi connectivity index (χ3v) is 3.65. The van der Waals surface area contributed by atoms with Crippen LogP contribution in [-0.2, 0) is 11.2 Å². The van der Waals surface area contributed by atoms with Crippen molar-refractivity contribution >= 4 is 17.1 Å². The fourth-order valence-electron chi connectivity index (χ4n) is 1.69. The number of carbonyl (C=O) groups excluding carboxylic acids is 1. The monoisotopic (exact) mass is 245 g/mol. The van der Waals surface area contributed by atoms with E-state index < -0.39 is 6.04 Å². The van der Waals surface area contributed by atoms with Gasteiger partial charge in [0.1, 0.15) is 0 Å². The lowest BCUT2D eigenvalue weighted by Gasteiger charge is -2.08. The number of nitrogens with two attached hydrogens (primary N) is 1. The van der Waals surface area contributed by atoms with Crippen molar-refractivity contribution in [2.75, 3.05) is 0 Å². The van der Waals surface area contributed by atoms with E-state index in [2.05, 4.69) is 0 Å². The highest BCUT2D eigenvalue weighted by molar-refractivity contribution is 7.10. The molecule has 3 heteroatoms. The van der Waals surface area contributed by atoms with Gasteiger partial charge >= 0.3 is 0 Å². The van der Waals surface area contributed by atoms with Gasteiger partial charge in [0.2, 0.25) is 0 Å². The zero-order chi connectivity index (χ0) is 12.1. The number of carbonyl (C=O) groups is 1. The number of hydrogen-bond acceptors (Lipinski definition) is 3. The summed E-state index contributed by atoms with van der Waals surface area (Å²) < 4.78 is 0. The second kappa shape index (κ2) is 5.75. The summed E-state index contributed by atoms with van der Waals surface area (Å²) in [5.74, 6) is 0.108. The molecule has 0 spiro atoms. The van der Waals surface area contributed by atoms with Crippen molar-refractivity contribution in [3.63, 3.8) is 0 Å². The van der Waals surface area contributed by atoms with Crippen LogP contribution in [0, 0.1) is 0 Å². The molecule has 0 bridgehead atoms. The quantitative estimate of drug-likeness (QED) is 0.880. The molecule has 0 fully saturated rings. The topological polar surface area (TPSA) is 43.1 Å². The van der Waals surface area contributed by atoms with Gasteiger partial charge in [-0.2, -0.15) is 0 Å². The summed E-state index contributed by atoms with van der Waals surface area (Å²) in [6.07, 6.45) is 1.27. The summed E-state index contributed by atoms with van der Waals surface area (Å²) in [4.78, 5) is 12.8. The number of benzene rings is 1. The van der Waals surface area contributed by atoms with E-state index >= 15 is 0 Å². The van der Waals surface area contributed by atoms with E-state index in [-0.39, 0.29) is 5.78 Å². The molecule has 2 rings (SSSR count). The first-order valence-corrected chi connectivity index (χ1v) is 6.51. The highest BCUT2D eigenvalue weighted by Gasteiger charge is 2.15. The van der Waals surface area contributed by atoms with Gasteiger partial charge in [-0.1, -0.05) is 36.4 Å². The Bertz CT molecular complexity index is 464. The fraction of sp³-hybridized carbons (Fsp3) is 0.214. The molecule has 1 atom stereocenters. The Labute approximate surface area is 105 Å². The Morgan fingerprint density at radius 2 is 1.94 bits per heavy atom. The van der Waals surface area contributed by atoms with Gasteiger partial charge in [0, 0.05) is 11.3 Å². The molecule has 0 aliphatic rings. The zero-order valence-electron chi connectivity index (χ0n) is 9.50. The van der Waals surface area contributed by atoms with Gasteiger partial charge in [0.15, 0.2) is 5.78 Å². The molecular weight excluding hydrogens is 230 g/mol. The van der Waals surface area contributed by atoms with Crippen LogP contribution < -0.4 is 5.73 Å². The van der Waals surface area contributed by atoms with Gasteiger partial charge in [-0.3, -0.25) is 4.79 Å². The van der Waals surface area contributed by atoms with Crippen LogP contribution in [0.2, 0.25) is 0 Å². The van der Waals surface area contributed by atoms with Crippen LogP contribution in [0.3, 0.4) is 0 Å². The summed E-state index contributed by atoms with van der Waals surface area (Å²) in [6, 6.07) is 13.4. The van der Waals surface area contributed by atoms with Crippen molar-refractivity contribution in [2.45, 2.75) is 18.9 Å². The minimum Gasteiger partial charge on any atom is -0.317 e. The molecule has 0 aliphatic heterocycles. The smallest absolute Gasteiger partial charge is 0.155 e. The Hall–Kier alpha value is -1.45. The van der Waals surface area contributed by atoms with Crippen molar-refractivity contribution < 1.29 is 4.79 Å². The molecule has 2 N–H and O–H groups in total. The van der Waals surface area contributed by atoms with Crippen LogP contribution in [0.1, 0.15) is 22.9 Å². The molecule has 1 unspecified atom stereocenters. The van der Waals surface area contributed by atoms with Crippen molar-refractivity contribution in [3.8, 4) is 0 Å². The van der Waals surface area contributed by atoms with Gasteiger partial charge in [0.25, 0.3) is 0 Å². The standard InChI is InChI=1S/C14H15NOS/c15-14(13-7-4-10-17-13)12(16)9-8-11-5-2-1-3-6-11/h1-7,10,14H,8-9,15H2. The van der Waals surface area contributed by atoms with E-state index in [9.17, 15) is 4.79 Å². The van der Waals surface area contributed by atoms with Gasteiger partial charge in [0.05, 0.1) is 6.04 Å². The Kier molecular flexibility index (Phi) is 4.07. The van der Waals surface area contributed by atoms with E-state index in [0.717, 1.165) is 11.3 Å². The first-order chi connectivity index (χ1) is 8.27. The summed E-state index contributed by atoms with van der Waals surface area (Å²) in [5.41, 5.74) is 7.09. The molecule has 0 saturated heterocycles. The minimum absolute atomic E-state index is 0.108. The lowest BCUT2D eigenvalue weighted by Crippen LogP contribution is -2.20. The Morgan fingerprint density at radius 3 is 2.59 bits per heavy atom. The lowest BCUT2D eigenvalue weighted by atomic mass is 10.0. The van der Waals surface area contributed by atoms with Crippen molar-refractivity contribution in [2.24, 2.45) is 5.73 Å². The molecule has 2 aromatic rings. The Balaban J connectivity index is 1.90. The minimum atomic E-state index is -0.460. The van der Waals surface area contributed by atoms with Crippen LogP contribution in [0.5, 0.6) is 0 Å². The number of Topliss-reactive ketones (excluding diaryl/α,β-unsaturated/α-hetero) is 1. The maximum atomic E-state index is 11.9. The van der Waals surface area contributed by atoms with Gasteiger partial charge in [-0.15, -0.1) is 11.3 Å². The predicted octanol–water partition coefficient (Wildman–Crippen LogP) is 2.95. The molecule has 0 amide bonds. The summed E-state index contributed by atoms with van der Waals surface area (Å²) >= 11 is 1.54. The van der Waals surface area contributed by atoms with Crippen LogP contribution in [0.15, 0.2) is 47.8 Å². The molecule has 2 nitrogen and oxygen atoms in total. The third-order valence-electron chi connectivity index (χ3n) is 2.70. The average molecular weight is 245 g/mol. The second-order valence-corrected chi connectivity index (χ2v) is 4.92. The number of rotatable bonds is 5. The average Bonchev–Trinajstić information content (AvgIpc) is 2.90. The van der Waals surface area contributed by atoms with Crippen LogP contribution in [0.4, 0.5) is 0 Å². The highest BCUT2D eigenvalue weighted by Crippen LogP contribution is 2.19. The third kappa shape index (κ3) is 3.25. The zero-order valence-corrected chi connectivity index (χ0v) is 10.3. The first-order valence-electron chi connectivity index (χ1n) is 5.63. The maximum absolute atomic E-state index is 11.9. The largest absolute Gasteiger partial charge is 0.317 e. The van der Waals surface area contributed by atoms with E-state index in [0.29, 0.717) is 6.42 Å². The summed E-state index contributed by atoms with van der Waals surface area (Å²) in [7, 11) is 0. The molecule has 0 saturated carbocycles. The summed E-state index contributed by atoms with van der Waals surface area (Å²) in [5, 5.41) is 1.94. The van der Waals surface area contributed by atoms with Gasteiger partial charge in [-0.05, 0) is 23.4 Å². The first kappa shape index (κ1) is 12.0. The van der Waals surface area contributed by atoms with E-state index in [4.69, 9.17) is 5.73 Å². The number of hydrogen-bond donors (Lipinski definition) is 1. The second-order valence-electron chi connectivity index (χ2n) is 3.95. The molecule has 1 aromatic carbocycles. The maximum Gasteiger partial charge on any atom is 0.155 e. The lowest BCUT2D eigenvalue weighted by molar-refractivity contribution is -0.120. The van der Waals surface area contributed by atoms with Crippen LogP contribution in [-0.4, -0.2) is 5.78 Å². The molecule has 0 radical (unpaired) electrons. The predicted molar refractivity (Wildman–Crippen MR) is 71.0 cm³/mol. The molecule has 17 heavy (non-hydrogen) atoms. The highest BCUT2D eigenvalue weighted by atomic mass is 32.1. The van der Waals surface area contributed by atoms with Crippen molar-refractivity contribution in [1.82, 2.24) is 0 Å².